The van der Waals surface area contributed by atoms with Crippen molar-refractivity contribution >= 4 is 5.97 Å². The zero-order chi connectivity index (χ0) is 8.97. The molecule has 66 valence electrons. The van der Waals surface area contributed by atoms with E-state index in [2.05, 4.69) is 0 Å². The SMILES string of the molecule is CCOC(=O)[C@@H](C)n1cccc1. The Kier molecular flexibility index (Phi) is 2.91. The van der Waals surface area contributed by atoms with Gasteiger partial charge in [-0.1, -0.05) is 0 Å². The van der Waals surface area contributed by atoms with Gasteiger partial charge in [-0.05, 0) is 26.0 Å². The third-order valence-electron chi connectivity index (χ3n) is 1.70. The van der Waals surface area contributed by atoms with Crippen molar-refractivity contribution in [3.63, 3.8) is 0 Å². The summed E-state index contributed by atoms with van der Waals surface area (Å²) >= 11 is 0. The van der Waals surface area contributed by atoms with Crippen molar-refractivity contribution in [3.05, 3.63) is 24.5 Å². The first-order valence-electron chi connectivity index (χ1n) is 4.04. The number of esters is 1. The van der Waals surface area contributed by atoms with E-state index in [0.717, 1.165) is 0 Å². The molecule has 1 rings (SSSR count). The molecule has 1 atom stereocenters. The summed E-state index contributed by atoms with van der Waals surface area (Å²) in [6.07, 6.45) is 3.70. The Morgan fingerprint density at radius 1 is 1.50 bits per heavy atom. The molecule has 0 aliphatic heterocycles. The van der Waals surface area contributed by atoms with Gasteiger partial charge in [-0.2, -0.15) is 0 Å². The van der Waals surface area contributed by atoms with Crippen molar-refractivity contribution in [3.8, 4) is 0 Å². The molecule has 1 heterocycles. The van der Waals surface area contributed by atoms with Crippen LogP contribution in [-0.2, 0) is 9.53 Å². The summed E-state index contributed by atoms with van der Waals surface area (Å²) in [5, 5.41) is 0. The second kappa shape index (κ2) is 3.95. The van der Waals surface area contributed by atoms with Gasteiger partial charge < -0.3 is 9.30 Å². The van der Waals surface area contributed by atoms with Gasteiger partial charge in [-0.3, -0.25) is 0 Å². The summed E-state index contributed by atoms with van der Waals surface area (Å²) in [7, 11) is 0. The van der Waals surface area contributed by atoms with Crippen LogP contribution in [0.5, 0.6) is 0 Å². The largest absolute Gasteiger partial charge is 0.464 e. The normalized spacial score (nSPS) is 12.5. The van der Waals surface area contributed by atoms with Gasteiger partial charge >= 0.3 is 5.97 Å². The second-order valence-electron chi connectivity index (χ2n) is 2.56. The maximum absolute atomic E-state index is 11.2. The standard InChI is InChI=1S/C9H13NO2/c1-3-12-9(11)8(2)10-6-4-5-7-10/h4-8H,3H2,1-2H3/t8-/m1/s1. The summed E-state index contributed by atoms with van der Waals surface area (Å²) in [6.45, 7) is 4.06. The number of ether oxygens (including phenoxy) is 1. The molecule has 0 bridgehead atoms. The number of hydrogen-bond donors (Lipinski definition) is 0. The summed E-state index contributed by atoms with van der Waals surface area (Å²) in [6, 6.07) is 3.55. The molecule has 0 amide bonds. The second-order valence-corrected chi connectivity index (χ2v) is 2.56. The summed E-state index contributed by atoms with van der Waals surface area (Å²) in [5.41, 5.74) is 0. The predicted octanol–water partition coefficient (Wildman–Crippen LogP) is 1.61. The van der Waals surface area contributed by atoms with Crippen LogP contribution in [0.15, 0.2) is 24.5 Å². The number of aromatic nitrogens is 1. The fourth-order valence-corrected chi connectivity index (χ4v) is 0.991. The monoisotopic (exact) mass is 167 g/mol. The van der Waals surface area contributed by atoms with E-state index in [1.807, 2.05) is 36.0 Å². The van der Waals surface area contributed by atoms with E-state index in [4.69, 9.17) is 4.74 Å². The van der Waals surface area contributed by atoms with E-state index < -0.39 is 0 Å². The predicted molar refractivity (Wildman–Crippen MR) is 45.8 cm³/mol. The average Bonchev–Trinajstić information content (AvgIpc) is 2.55. The van der Waals surface area contributed by atoms with Crippen LogP contribution in [-0.4, -0.2) is 17.1 Å². The summed E-state index contributed by atoms with van der Waals surface area (Å²) < 4.78 is 6.69. The number of carbonyl (C=O) groups excluding carboxylic acids is 1. The number of hydrogen-bond acceptors (Lipinski definition) is 2. The lowest BCUT2D eigenvalue weighted by molar-refractivity contribution is -0.146. The highest BCUT2D eigenvalue weighted by atomic mass is 16.5. The van der Waals surface area contributed by atoms with E-state index in [-0.39, 0.29) is 12.0 Å². The zero-order valence-electron chi connectivity index (χ0n) is 7.36. The molecule has 3 heteroatoms. The van der Waals surface area contributed by atoms with E-state index in [1.54, 1.807) is 6.92 Å². The zero-order valence-corrected chi connectivity index (χ0v) is 7.36. The van der Waals surface area contributed by atoms with Gasteiger partial charge in [0.1, 0.15) is 6.04 Å². The van der Waals surface area contributed by atoms with Crippen LogP contribution in [0.4, 0.5) is 0 Å². The van der Waals surface area contributed by atoms with Gasteiger partial charge in [-0.25, -0.2) is 4.79 Å². The van der Waals surface area contributed by atoms with Crippen molar-refractivity contribution in [1.29, 1.82) is 0 Å². The van der Waals surface area contributed by atoms with E-state index >= 15 is 0 Å². The van der Waals surface area contributed by atoms with Gasteiger partial charge in [0.15, 0.2) is 0 Å². The van der Waals surface area contributed by atoms with E-state index in [0.29, 0.717) is 6.61 Å². The Morgan fingerprint density at radius 2 is 2.08 bits per heavy atom. The molecule has 0 spiro atoms. The molecule has 1 aromatic heterocycles. The van der Waals surface area contributed by atoms with Crippen molar-refractivity contribution in [2.45, 2.75) is 19.9 Å². The molecule has 0 fully saturated rings. The first-order chi connectivity index (χ1) is 5.75. The minimum Gasteiger partial charge on any atom is -0.464 e. The number of carbonyl (C=O) groups is 1. The topological polar surface area (TPSA) is 31.2 Å². The Balaban J connectivity index is 2.59. The molecule has 0 aliphatic rings. The van der Waals surface area contributed by atoms with Gasteiger partial charge in [0.2, 0.25) is 0 Å². The maximum Gasteiger partial charge on any atom is 0.328 e. The molecule has 0 radical (unpaired) electrons. The molecular weight excluding hydrogens is 154 g/mol. The summed E-state index contributed by atoms with van der Waals surface area (Å²) in [5.74, 6) is -0.186. The number of rotatable bonds is 3. The fraction of sp³-hybridized carbons (Fsp3) is 0.444. The first kappa shape index (κ1) is 8.84. The van der Waals surface area contributed by atoms with Gasteiger partial charge in [0.25, 0.3) is 0 Å². The summed E-state index contributed by atoms with van der Waals surface area (Å²) in [4.78, 5) is 11.2. The van der Waals surface area contributed by atoms with Gasteiger partial charge in [0.05, 0.1) is 6.61 Å². The highest BCUT2D eigenvalue weighted by Gasteiger charge is 2.13. The van der Waals surface area contributed by atoms with E-state index in [1.165, 1.54) is 0 Å². The molecular formula is C9H13NO2. The van der Waals surface area contributed by atoms with Crippen LogP contribution in [0, 0.1) is 0 Å². The lowest BCUT2D eigenvalue weighted by Gasteiger charge is -2.11. The molecule has 3 nitrogen and oxygen atoms in total. The van der Waals surface area contributed by atoms with Crippen LogP contribution in [0.1, 0.15) is 19.9 Å². The Morgan fingerprint density at radius 3 is 2.58 bits per heavy atom. The van der Waals surface area contributed by atoms with E-state index in [9.17, 15) is 4.79 Å². The Labute approximate surface area is 72.0 Å². The molecule has 0 aromatic carbocycles. The first-order valence-corrected chi connectivity index (χ1v) is 4.04. The molecule has 0 saturated carbocycles. The van der Waals surface area contributed by atoms with Crippen LogP contribution < -0.4 is 0 Å². The number of nitrogens with zero attached hydrogens (tertiary/aromatic N) is 1. The highest BCUT2D eigenvalue weighted by molar-refractivity contribution is 5.73. The molecule has 0 aliphatic carbocycles. The third-order valence-corrected chi connectivity index (χ3v) is 1.70. The van der Waals surface area contributed by atoms with Crippen molar-refractivity contribution < 1.29 is 9.53 Å². The minimum absolute atomic E-state index is 0.186. The van der Waals surface area contributed by atoms with Crippen LogP contribution in [0.3, 0.4) is 0 Å². The smallest absolute Gasteiger partial charge is 0.328 e. The quantitative estimate of drug-likeness (QED) is 0.640. The highest BCUT2D eigenvalue weighted by Crippen LogP contribution is 2.07. The molecule has 12 heavy (non-hydrogen) atoms. The van der Waals surface area contributed by atoms with Crippen molar-refractivity contribution in [1.82, 2.24) is 4.57 Å². The maximum atomic E-state index is 11.2. The van der Waals surface area contributed by atoms with Gasteiger partial charge in [-0.15, -0.1) is 0 Å². The molecule has 1 aromatic rings. The van der Waals surface area contributed by atoms with Crippen molar-refractivity contribution in [2.24, 2.45) is 0 Å². The van der Waals surface area contributed by atoms with Gasteiger partial charge in [0, 0.05) is 12.4 Å². The van der Waals surface area contributed by atoms with Crippen LogP contribution >= 0.6 is 0 Å². The molecule has 0 saturated heterocycles. The minimum atomic E-state index is -0.222. The lowest BCUT2D eigenvalue weighted by atomic mass is 10.3. The molecule has 0 N–H and O–H groups in total. The molecule has 0 unspecified atom stereocenters. The Hall–Kier alpha value is -1.25. The Bertz CT molecular complexity index is 241. The fourth-order valence-electron chi connectivity index (χ4n) is 0.991. The lowest BCUT2D eigenvalue weighted by Crippen LogP contribution is -2.17. The third kappa shape index (κ3) is 1.87. The van der Waals surface area contributed by atoms with Crippen LogP contribution in [0.25, 0.3) is 0 Å². The van der Waals surface area contributed by atoms with Crippen molar-refractivity contribution in [2.75, 3.05) is 6.61 Å². The van der Waals surface area contributed by atoms with Crippen LogP contribution in [0.2, 0.25) is 0 Å². The average molecular weight is 167 g/mol.